The van der Waals surface area contributed by atoms with E-state index in [1.807, 2.05) is 24.1 Å². The van der Waals surface area contributed by atoms with E-state index in [1.54, 1.807) is 0 Å². The Kier molecular flexibility index (Phi) is 3.25. The van der Waals surface area contributed by atoms with Gasteiger partial charge in [0.25, 0.3) is 0 Å². The second kappa shape index (κ2) is 4.66. The number of hydrogen-bond donors (Lipinski definition) is 1. The maximum Gasteiger partial charge on any atom is 0.240 e. The molecule has 1 aromatic rings. The van der Waals surface area contributed by atoms with Crippen molar-refractivity contribution in [3.8, 4) is 0 Å². The van der Waals surface area contributed by atoms with E-state index in [0.29, 0.717) is 0 Å². The monoisotopic (exact) mass is 218 g/mol. The van der Waals surface area contributed by atoms with Gasteiger partial charge in [0.2, 0.25) is 5.91 Å². The van der Waals surface area contributed by atoms with Gasteiger partial charge in [-0.05, 0) is 31.5 Å². The highest BCUT2D eigenvalue weighted by Gasteiger charge is 2.30. The number of amides is 1. The topological polar surface area (TPSA) is 32.3 Å². The molecule has 0 saturated carbocycles. The van der Waals surface area contributed by atoms with Crippen LogP contribution >= 0.6 is 0 Å². The maximum atomic E-state index is 11.9. The summed E-state index contributed by atoms with van der Waals surface area (Å²) in [4.78, 5) is 13.8. The van der Waals surface area contributed by atoms with Crippen molar-refractivity contribution < 1.29 is 4.79 Å². The first kappa shape index (κ1) is 11.1. The molecular weight excluding hydrogens is 200 g/mol. The van der Waals surface area contributed by atoms with Gasteiger partial charge in [0.1, 0.15) is 0 Å². The Hall–Kier alpha value is -1.35. The second-order valence-electron chi connectivity index (χ2n) is 4.32. The number of carbonyl (C=O) groups excluding carboxylic acids is 1. The average Bonchev–Trinajstić information content (AvgIpc) is 2.63. The van der Waals surface area contributed by atoms with Gasteiger partial charge in [-0.2, -0.15) is 0 Å². The number of likely N-dealkylation sites (N-methyl/N-ethyl adjacent to an activating group) is 1. The van der Waals surface area contributed by atoms with Crippen molar-refractivity contribution in [3.05, 3.63) is 35.4 Å². The molecule has 86 valence electrons. The highest BCUT2D eigenvalue weighted by Crippen LogP contribution is 2.16. The summed E-state index contributed by atoms with van der Waals surface area (Å²) in [6, 6.07) is 8.25. The molecule has 0 radical (unpaired) electrons. The lowest BCUT2D eigenvalue weighted by Gasteiger charge is -2.17. The van der Waals surface area contributed by atoms with Crippen LogP contribution in [0.1, 0.15) is 17.5 Å². The Morgan fingerprint density at radius 3 is 2.81 bits per heavy atom. The highest BCUT2D eigenvalue weighted by molar-refractivity contribution is 5.83. The fourth-order valence-corrected chi connectivity index (χ4v) is 2.16. The smallest absolute Gasteiger partial charge is 0.240 e. The molecule has 1 aliphatic rings. The normalized spacial score (nSPS) is 20.5. The summed E-state index contributed by atoms with van der Waals surface area (Å²) in [6.07, 6.45) is 0.918. The van der Waals surface area contributed by atoms with Crippen molar-refractivity contribution in [2.75, 3.05) is 13.6 Å². The van der Waals surface area contributed by atoms with Crippen LogP contribution in [0.25, 0.3) is 0 Å². The maximum absolute atomic E-state index is 11.9. The Labute approximate surface area is 96.5 Å². The number of benzene rings is 1. The molecule has 1 aromatic carbocycles. The summed E-state index contributed by atoms with van der Waals surface area (Å²) in [6.45, 7) is 3.69. The van der Waals surface area contributed by atoms with E-state index in [9.17, 15) is 4.79 Å². The summed E-state index contributed by atoms with van der Waals surface area (Å²) in [7, 11) is 1.85. The third-order valence-electron chi connectivity index (χ3n) is 3.27. The third-order valence-corrected chi connectivity index (χ3v) is 3.27. The Bertz CT molecular complexity index is 389. The molecule has 0 bridgehead atoms. The van der Waals surface area contributed by atoms with Gasteiger partial charge in [0, 0.05) is 13.1 Å². The number of likely N-dealkylation sites (tertiary alicyclic amines) is 1. The summed E-state index contributed by atoms with van der Waals surface area (Å²) in [5, 5.41) is 3.05. The molecule has 1 fully saturated rings. The molecule has 0 aliphatic carbocycles. The molecule has 3 heteroatoms. The van der Waals surface area contributed by atoms with Crippen molar-refractivity contribution in [1.29, 1.82) is 0 Å². The van der Waals surface area contributed by atoms with Crippen LogP contribution in [-0.4, -0.2) is 30.4 Å². The van der Waals surface area contributed by atoms with Crippen LogP contribution in [-0.2, 0) is 11.3 Å². The standard InChI is InChI=1S/C13H18N2O/c1-10-5-3-4-6-11(10)9-15-8-7-12(14-2)13(15)16/h3-6,12,14H,7-9H2,1-2H3. The van der Waals surface area contributed by atoms with Gasteiger partial charge in [-0.3, -0.25) is 4.79 Å². The Morgan fingerprint density at radius 1 is 1.44 bits per heavy atom. The molecule has 1 aliphatic heterocycles. The average molecular weight is 218 g/mol. The summed E-state index contributed by atoms with van der Waals surface area (Å²) in [5.41, 5.74) is 2.50. The van der Waals surface area contributed by atoms with Crippen LogP contribution in [0.2, 0.25) is 0 Å². The minimum Gasteiger partial charge on any atom is -0.337 e. The molecule has 3 nitrogen and oxygen atoms in total. The van der Waals surface area contributed by atoms with Gasteiger partial charge in [0.05, 0.1) is 6.04 Å². The third kappa shape index (κ3) is 2.09. The molecule has 2 rings (SSSR count). The first-order valence-electron chi connectivity index (χ1n) is 5.73. The number of rotatable bonds is 3. The molecule has 0 aromatic heterocycles. The second-order valence-corrected chi connectivity index (χ2v) is 4.32. The lowest BCUT2D eigenvalue weighted by atomic mass is 10.1. The molecular formula is C13H18N2O. The van der Waals surface area contributed by atoms with Gasteiger partial charge in [0.15, 0.2) is 0 Å². The lowest BCUT2D eigenvalue weighted by molar-refractivity contribution is -0.129. The molecule has 1 unspecified atom stereocenters. The molecule has 1 saturated heterocycles. The fourth-order valence-electron chi connectivity index (χ4n) is 2.16. The molecule has 1 N–H and O–H groups in total. The van der Waals surface area contributed by atoms with Gasteiger partial charge < -0.3 is 10.2 Å². The lowest BCUT2D eigenvalue weighted by Crippen LogP contribution is -2.36. The summed E-state index contributed by atoms with van der Waals surface area (Å²) < 4.78 is 0. The predicted molar refractivity (Wildman–Crippen MR) is 64.1 cm³/mol. The number of hydrogen-bond acceptors (Lipinski definition) is 2. The van der Waals surface area contributed by atoms with Crippen molar-refractivity contribution in [2.24, 2.45) is 0 Å². The van der Waals surface area contributed by atoms with Gasteiger partial charge in [-0.1, -0.05) is 24.3 Å². The van der Waals surface area contributed by atoms with E-state index in [-0.39, 0.29) is 11.9 Å². The minimum absolute atomic E-state index is 0.0176. The van der Waals surface area contributed by atoms with Gasteiger partial charge >= 0.3 is 0 Å². The number of nitrogens with zero attached hydrogens (tertiary/aromatic N) is 1. The van der Waals surface area contributed by atoms with Crippen LogP contribution < -0.4 is 5.32 Å². The summed E-state index contributed by atoms with van der Waals surface area (Å²) >= 11 is 0. The number of carbonyl (C=O) groups is 1. The quantitative estimate of drug-likeness (QED) is 0.829. The number of nitrogens with one attached hydrogen (secondary N) is 1. The van der Waals surface area contributed by atoms with E-state index < -0.39 is 0 Å². The fraction of sp³-hybridized carbons (Fsp3) is 0.462. The Morgan fingerprint density at radius 2 is 2.19 bits per heavy atom. The predicted octanol–water partition coefficient (Wildman–Crippen LogP) is 1.32. The van der Waals surface area contributed by atoms with Gasteiger partial charge in [-0.25, -0.2) is 0 Å². The zero-order valence-electron chi connectivity index (χ0n) is 9.86. The molecule has 16 heavy (non-hydrogen) atoms. The Balaban J connectivity index is 2.07. The molecule has 1 amide bonds. The van der Waals surface area contributed by atoms with Crippen molar-refractivity contribution >= 4 is 5.91 Å². The largest absolute Gasteiger partial charge is 0.337 e. The van der Waals surface area contributed by atoms with E-state index in [4.69, 9.17) is 0 Å². The van der Waals surface area contributed by atoms with Gasteiger partial charge in [-0.15, -0.1) is 0 Å². The van der Waals surface area contributed by atoms with E-state index in [1.165, 1.54) is 11.1 Å². The van der Waals surface area contributed by atoms with Crippen LogP contribution in [0.5, 0.6) is 0 Å². The van der Waals surface area contributed by atoms with Crippen molar-refractivity contribution in [3.63, 3.8) is 0 Å². The number of aryl methyl sites for hydroxylation is 1. The molecule has 1 heterocycles. The molecule has 0 spiro atoms. The van der Waals surface area contributed by atoms with Crippen LogP contribution in [0.4, 0.5) is 0 Å². The van der Waals surface area contributed by atoms with Crippen molar-refractivity contribution in [1.82, 2.24) is 10.2 Å². The van der Waals surface area contributed by atoms with E-state index in [0.717, 1.165) is 19.5 Å². The van der Waals surface area contributed by atoms with E-state index >= 15 is 0 Å². The van der Waals surface area contributed by atoms with Crippen molar-refractivity contribution in [2.45, 2.75) is 25.9 Å². The zero-order valence-corrected chi connectivity index (χ0v) is 9.86. The first-order valence-corrected chi connectivity index (χ1v) is 5.73. The molecule has 1 atom stereocenters. The highest BCUT2D eigenvalue weighted by atomic mass is 16.2. The van der Waals surface area contributed by atoms with E-state index in [2.05, 4.69) is 24.4 Å². The minimum atomic E-state index is 0.0176. The first-order chi connectivity index (χ1) is 7.72. The van der Waals surface area contributed by atoms with Crippen LogP contribution in [0.3, 0.4) is 0 Å². The summed E-state index contributed by atoms with van der Waals surface area (Å²) in [5.74, 6) is 0.228. The zero-order chi connectivity index (χ0) is 11.5. The SMILES string of the molecule is CNC1CCN(Cc2ccccc2C)C1=O. The van der Waals surface area contributed by atoms with Crippen LogP contribution in [0, 0.1) is 6.92 Å². The van der Waals surface area contributed by atoms with Crippen LogP contribution in [0.15, 0.2) is 24.3 Å².